The standard InChI is InChI=1S/C15H31N3/c1-17(2)13-15-12-16-10-7-11-18(15)14-8-5-3-4-6-9-14/h14-16H,3-13H2,1-2H3. The van der Waals surface area contributed by atoms with Crippen LogP contribution < -0.4 is 5.32 Å². The number of nitrogens with zero attached hydrogens (tertiary/aromatic N) is 2. The first kappa shape index (κ1) is 14.3. The van der Waals surface area contributed by atoms with Crippen LogP contribution in [0.25, 0.3) is 0 Å². The first-order valence-electron chi connectivity index (χ1n) is 7.88. The summed E-state index contributed by atoms with van der Waals surface area (Å²) in [5.74, 6) is 0. The van der Waals surface area contributed by atoms with Crippen LogP contribution in [0.5, 0.6) is 0 Å². The summed E-state index contributed by atoms with van der Waals surface area (Å²) in [6.07, 6.45) is 10.0. The third kappa shape index (κ3) is 4.22. The molecule has 0 aromatic heterocycles. The van der Waals surface area contributed by atoms with Gasteiger partial charge in [-0.3, -0.25) is 4.90 Å². The summed E-state index contributed by atoms with van der Waals surface area (Å²) >= 11 is 0. The summed E-state index contributed by atoms with van der Waals surface area (Å²) in [4.78, 5) is 5.19. The minimum Gasteiger partial charge on any atom is -0.315 e. The van der Waals surface area contributed by atoms with Gasteiger partial charge in [0.1, 0.15) is 0 Å². The Balaban J connectivity index is 1.98. The molecular weight excluding hydrogens is 222 g/mol. The van der Waals surface area contributed by atoms with Crippen molar-refractivity contribution in [1.29, 1.82) is 0 Å². The number of rotatable bonds is 3. The maximum atomic E-state index is 3.62. The molecule has 1 atom stereocenters. The molecule has 2 rings (SSSR count). The van der Waals surface area contributed by atoms with Crippen molar-refractivity contribution in [2.24, 2.45) is 0 Å². The molecule has 2 fully saturated rings. The van der Waals surface area contributed by atoms with E-state index in [9.17, 15) is 0 Å². The highest BCUT2D eigenvalue weighted by Crippen LogP contribution is 2.24. The fourth-order valence-corrected chi connectivity index (χ4v) is 3.62. The van der Waals surface area contributed by atoms with Crippen molar-refractivity contribution in [2.45, 2.75) is 57.0 Å². The second-order valence-electron chi connectivity index (χ2n) is 6.36. The van der Waals surface area contributed by atoms with Crippen LogP contribution in [0, 0.1) is 0 Å². The fourth-order valence-electron chi connectivity index (χ4n) is 3.62. The smallest absolute Gasteiger partial charge is 0.0350 e. The van der Waals surface area contributed by atoms with Gasteiger partial charge in [0.15, 0.2) is 0 Å². The Labute approximate surface area is 113 Å². The Morgan fingerprint density at radius 2 is 1.78 bits per heavy atom. The number of hydrogen-bond donors (Lipinski definition) is 1. The van der Waals surface area contributed by atoms with E-state index in [4.69, 9.17) is 0 Å². The molecule has 1 unspecified atom stereocenters. The lowest BCUT2D eigenvalue weighted by molar-refractivity contribution is 0.109. The van der Waals surface area contributed by atoms with Gasteiger partial charge in [-0.25, -0.2) is 0 Å². The van der Waals surface area contributed by atoms with Crippen LogP contribution >= 0.6 is 0 Å². The van der Waals surface area contributed by atoms with Crippen molar-refractivity contribution in [3.63, 3.8) is 0 Å². The molecule has 106 valence electrons. The predicted octanol–water partition coefficient (Wildman–Crippen LogP) is 1.93. The molecule has 18 heavy (non-hydrogen) atoms. The van der Waals surface area contributed by atoms with Gasteiger partial charge >= 0.3 is 0 Å². The van der Waals surface area contributed by atoms with Crippen molar-refractivity contribution < 1.29 is 0 Å². The van der Waals surface area contributed by atoms with E-state index in [0.29, 0.717) is 6.04 Å². The first-order chi connectivity index (χ1) is 8.77. The minimum atomic E-state index is 0.714. The van der Waals surface area contributed by atoms with Gasteiger partial charge in [-0.05, 0) is 39.9 Å². The van der Waals surface area contributed by atoms with E-state index >= 15 is 0 Å². The van der Waals surface area contributed by atoms with Gasteiger partial charge in [0.25, 0.3) is 0 Å². The molecule has 0 amide bonds. The van der Waals surface area contributed by atoms with Crippen molar-refractivity contribution in [2.75, 3.05) is 40.3 Å². The predicted molar refractivity (Wildman–Crippen MR) is 78.0 cm³/mol. The lowest BCUT2D eigenvalue weighted by Crippen LogP contribution is -2.50. The molecular formula is C15H31N3. The van der Waals surface area contributed by atoms with Crippen LogP contribution in [-0.4, -0.2) is 62.2 Å². The summed E-state index contributed by atoms with van der Waals surface area (Å²) in [6, 6.07) is 1.57. The zero-order valence-corrected chi connectivity index (χ0v) is 12.3. The van der Waals surface area contributed by atoms with E-state index < -0.39 is 0 Å². The molecule has 3 heteroatoms. The van der Waals surface area contributed by atoms with Gasteiger partial charge in [-0.2, -0.15) is 0 Å². The van der Waals surface area contributed by atoms with Crippen molar-refractivity contribution in [3.05, 3.63) is 0 Å². The van der Waals surface area contributed by atoms with Crippen LogP contribution in [0.3, 0.4) is 0 Å². The van der Waals surface area contributed by atoms with Crippen LogP contribution in [0.1, 0.15) is 44.9 Å². The highest BCUT2D eigenvalue weighted by molar-refractivity contribution is 4.85. The zero-order valence-electron chi connectivity index (χ0n) is 12.3. The number of nitrogens with one attached hydrogen (secondary N) is 1. The van der Waals surface area contributed by atoms with Gasteiger partial charge in [0.05, 0.1) is 0 Å². The Kier molecular flexibility index (Phi) is 5.93. The average molecular weight is 253 g/mol. The van der Waals surface area contributed by atoms with Crippen molar-refractivity contribution in [1.82, 2.24) is 15.1 Å². The fraction of sp³-hybridized carbons (Fsp3) is 1.00. The third-order valence-corrected chi connectivity index (χ3v) is 4.49. The molecule has 0 aromatic rings. The highest BCUT2D eigenvalue weighted by atomic mass is 15.2. The summed E-state index contributed by atoms with van der Waals surface area (Å²) in [6.45, 7) is 4.88. The molecule has 0 aromatic carbocycles. The molecule has 1 aliphatic carbocycles. The second-order valence-corrected chi connectivity index (χ2v) is 6.36. The lowest BCUT2D eigenvalue weighted by Gasteiger charge is -2.37. The molecule has 0 bridgehead atoms. The average Bonchev–Trinajstić information content (AvgIpc) is 2.70. The van der Waals surface area contributed by atoms with Crippen molar-refractivity contribution in [3.8, 4) is 0 Å². The van der Waals surface area contributed by atoms with E-state index in [0.717, 1.165) is 6.04 Å². The Bertz CT molecular complexity index is 222. The summed E-state index contributed by atoms with van der Waals surface area (Å²) < 4.78 is 0. The van der Waals surface area contributed by atoms with E-state index in [1.807, 2.05) is 0 Å². The third-order valence-electron chi connectivity index (χ3n) is 4.49. The first-order valence-corrected chi connectivity index (χ1v) is 7.88. The van der Waals surface area contributed by atoms with Gasteiger partial charge in [-0.1, -0.05) is 25.7 Å². The Morgan fingerprint density at radius 3 is 2.44 bits per heavy atom. The maximum absolute atomic E-state index is 3.62. The number of likely N-dealkylation sites (N-methyl/N-ethyl adjacent to an activating group) is 1. The molecule has 1 N–H and O–H groups in total. The zero-order chi connectivity index (χ0) is 12.8. The molecule has 3 nitrogen and oxygen atoms in total. The highest BCUT2D eigenvalue weighted by Gasteiger charge is 2.28. The quantitative estimate of drug-likeness (QED) is 0.776. The van der Waals surface area contributed by atoms with E-state index in [1.165, 1.54) is 71.1 Å². The van der Waals surface area contributed by atoms with Crippen LogP contribution in [0.15, 0.2) is 0 Å². The van der Waals surface area contributed by atoms with Crippen LogP contribution in [-0.2, 0) is 0 Å². The van der Waals surface area contributed by atoms with Crippen LogP contribution in [0.4, 0.5) is 0 Å². The lowest BCUT2D eigenvalue weighted by atomic mass is 10.0. The monoisotopic (exact) mass is 253 g/mol. The normalized spacial score (nSPS) is 29.2. The SMILES string of the molecule is CN(C)CC1CNCCCN1C1CCCCCC1. The van der Waals surface area contributed by atoms with E-state index in [-0.39, 0.29) is 0 Å². The Morgan fingerprint density at radius 1 is 1.06 bits per heavy atom. The van der Waals surface area contributed by atoms with E-state index in [1.54, 1.807) is 0 Å². The summed E-state index contributed by atoms with van der Waals surface area (Å²) in [5, 5.41) is 3.62. The van der Waals surface area contributed by atoms with Gasteiger partial charge in [0, 0.05) is 31.7 Å². The molecule has 0 spiro atoms. The molecule has 1 saturated heterocycles. The van der Waals surface area contributed by atoms with E-state index in [2.05, 4.69) is 29.2 Å². The molecule has 0 radical (unpaired) electrons. The van der Waals surface area contributed by atoms with Gasteiger partial charge in [-0.15, -0.1) is 0 Å². The van der Waals surface area contributed by atoms with Gasteiger partial charge < -0.3 is 10.2 Å². The second kappa shape index (κ2) is 7.46. The largest absolute Gasteiger partial charge is 0.315 e. The number of hydrogen-bond acceptors (Lipinski definition) is 3. The summed E-state index contributed by atoms with van der Waals surface area (Å²) in [5.41, 5.74) is 0. The molecule has 2 aliphatic rings. The van der Waals surface area contributed by atoms with Crippen LogP contribution in [0.2, 0.25) is 0 Å². The molecule has 1 heterocycles. The molecule has 1 saturated carbocycles. The maximum Gasteiger partial charge on any atom is 0.0350 e. The minimum absolute atomic E-state index is 0.714. The van der Waals surface area contributed by atoms with Gasteiger partial charge in [0.2, 0.25) is 0 Å². The topological polar surface area (TPSA) is 18.5 Å². The summed E-state index contributed by atoms with van der Waals surface area (Å²) in [7, 11) is 4.41. The molecule has 1 aliphatic heterocycles. The Hall–Kier alpha value is -0.120. The van der Waals surface area contributed by atoms with Crippen molar-refractivity contribution >= 4 is 0 Å².